The Bertz CT molecular complexity index is 533. The van der Waals surface area contributed by atoms with Crippen molar-refractivity contribution < 1.29 is 19.1 Å². The molecule has 0 aliphatic heterocycles. The lowest BCUT2D eigenvalue weighted by Gasteiger charge is -2.13. The van der Waals surface area contributed by atoms with Crippen LogP contribution in [0.3, 0.4) is 0 Å². The van der Waals surface area contributed by atoms with E-state index < -0.39 is 24.0 Å². The lowest BCUT2D eigenvalue weighted by atomic mass is 10.2. The molecule has 5 N–H and O–H groups in total. The highest BCUT2D eigenvalue weighted by atomic mass is 127. The molecule has 0 fully saturated rings. The van der Waals surface area contributed by atoms with E-state index in [4.69, 9.17) is 16.2 Å². The number of esters is 1. The molecule has 1 rings (SSSR count). The summed E-state index contributed by atoms with van der Waals surface area (Å²) in [5, 5.41) is 1.82. The van der Waals surface area contributed by atoms with Crippen LogP contribution in [0.1, 0.15) is 17.3 Å². The first kappa shape index (κ1) is 15.2. The average molecular weight is 377 g/mol. The highest BCUT2D eigenvalue weighted by Crippen LogP contribution is 2.17. The summed E-state index contributed by atoms with van der Waals surface area (Å²) in [7, 11) is 0. The van der Waals surface area contributed by atoms with Crippen molar-refractivity contribution in [2.24, 2.45) is 5.73 Å². The second kappa shape index (κ2) is 6.36. The Hall–Kier alpha value is -1.84. The second-order valence-corrected chi connectivity index (χ2v) is 4.88. The van der Waals surface area contributed by atoms with Gasteiger partial charge in [0, 0.05) is 9.26 Å². The van der Waals surface area contributed by atoms with Gasteiger partial charge in [-0.2, -0.15) is 0 Å². The molecule has 0 aromatic heterocycles. The minimum Gasteiger partial charge on any atom is -0.449 e. The Kier molecular flexibility index (Phi) is 5.10. The monoisotopic (exact) mass is 377 g/mol. The van der Waals surface area contributed by atoms with E-state index in [9.17, 15) is 14.4 Å². The van der Waals surface area contributed by atoms with Gasteiger partial charge in [-0.1, -0.05) is 0 Å². The predicted octanol–water partition coefficient (Wildman–Crippen LogP) is 0.614. The van der Waals surface area contributed by atoms with Gasteiger partial charge in [0.1, 0.15) is 0 Å². The summed E-state index contributed by atoms with van der Waals surface area (Å²) in [5.41, 5.74) is 10.8. The SMILES string of the molecule is C[C@H](OC(=O)c1cc(I)ccc1N)C(=O)NC(N)=O. The zero-order chi connectivity index (χ0) is 14.6. The maximum absolute atomic E-state index is 11.8. The van der Waals surface area contributed by atoms with Crippen molar-refractivity contribution in [2.75, 3.05) is 5.73 Å². The van der Waals surface area contributed by atoms with Gasteiger partial charge < -0.3 is 16.2 Å². The number of ether oxygens (including phenoxy) is 1. The van der Waals surface area contributed by atoms with Crippen LogP contribution in [0.15, 0.2) is 18.2 Å². The smallest absolute Gasteiger partial charge is 0.341 e. The standard InChI is InChI=1S/C11H12IN3O4/c1-5(9(16)15-11(14)18)19-10(17)7-4-6(12)2-3-8(7)13/h2-5H,13H2,1H3,(H3,14,15,16,18)/t5-/m0/s1. The number of urea groups is 1. The van der Waals surface area contributed by atoms with Crippen LogP contribution < -0.4 is 16.8 Å². The Morgan fingerprint density at radius 3 is 2.58 bits per heavy atom. The third-order valence-electron chi connectivity index (χ3n) is 2.13. The molecule has 0 bridgehead atoms. The van der Waals surface area contributed by atoms with Gasteiger partial charge in [-0.3, -0.25) is 10.1 Å². The molecule has 1 atom stereocenters. The quantitative estimate of drug-likeness (QED) is 0.405. The molecule has 19 heavy (non-hydrogen) atoms. The lowest BCUT2D eigenvalue weighted by molar-refractivity contribution is -0.127. The fourth-order valence-corrected chi connectivity index (χ4v) is 1.70. The van der Waals surface area contributed by atoms with Crippen LogP contribution in [0.5, 0.6) is 0 Å². The van der Waals surface area contributed by atoms with E-state index in [2.05, 4.69) is 0 Å². The highest BCUT2D eigenvalue weighted by Gasteiger charge is 2.21. The Morgan fingerprint density at radius 2 is 2.00 bits per heavy atom. The molecule has 1 aromatic rings. The number of hydrogen-bond donors (Lipinski definition) is 3. The molecule has 102 valence electrons. The topological polar surface area (TPSA) is 125 Å². The van der Waals surface area contributed by atoms with E-state index in [-0.39, 0.29) is 11.3 Å². The van der Waals surface area contributed by atoms with E-state index >= 15 is 0 Å². The number of nitrogens with one attached hydrogen (secondary N) is 1. The average Bonchev–Trinajstić information content (AvgIpc) is 2.31. The molecule has 0 unspecified atom stereocenters. The van der Waals surface area contributed by atoms with E-state index in [1.165, 1.54) is 13.0 Å². The van der Waals surface area contributed by atoms with Crippen LogP contribution >= 0.6 is 22.6 Å². The minimum absolute atomic E-state index is 0.158. The van der Waals surface area contributed by atoms with Crippen LogP contribution in [0.25, 0.3) is 0 Å². The van der Waals surface area contributed by atoms with E-state index in [1.807, 2.05) is 27.9 Å². The predicted molar refractivity (Wildman–Crippen MR) is 76.2 cm³/mol. The number of halogens is 1. The van der Waals surface area contributed by atoms with E-state index in [0.717, 1.165) is 3.57 Å². The number of rotatable bonds is 3. The van der Waals surface area contributed by atoms with Crippen LogP contribution in [0, 0.1) is 3.57 Å². The molecule has 0 radical (unpaired) electrons. The Labute approximate surface area is 122 Å². The van der Waals surface area contributed by atoms with Crippen LogP contribution in [-0.4, -0.2) is 24.0 Å². The maximum atomic E-state index is 11.8. The Morgan fingerprint density at radius 1 is 1.37 bits per heavy atom. The van der Waals surface area contributed by atoms with Crippen molar-refractivity contribution in [3.05, 3.63) is 27.3 Å². The summed E-state index contributed by atoms with van der Waals surface area (Å²) in [6, 6.07) is 3.82. The van der Waals surface area contributed by atoms with Gasteiger partial charge in [0.15, 0.2) is 6.10 Å². The van der Waals surface area contributed by atoms with Crippen molar-refractivity contribution in [3.8, 4) is 0 Å². The summed E-state index contributed by atoms with van der Waals surface area (Å²) >= 11 is 2.01. The Balaban J connectivity index is 2.77. The summed E-state index contributed by atoms with van der Waals surface area (Å²) in [6.45, 7) is 1.32. The van der Waals surface area contributed by atoms with Gasteiger partial charge in [0.2, 0.25) is 0 Å². The number of carbonyl (C=O) groups excluding carboxylic acids is 3. The van der Waals surface area contributed by atoms with E-state index in [0.29, 0.717) is 0 Å². The molecular formula is C11H12IN3O4. The van der Waals surface area contributed by atoms with Crippen molar-refractivity contribution in [3.63, 3.8) is 0 Å². The molecule has 0 saturated carbocycles. The van der Waals surface area contributed by atoms with Gasteiger partial charge in [-0.15, -0.1) is 0 Å². The molecule has 8 heteroatoms. The van der Waals surface area contributed by atoms with Crippen molar-refractivity contribution in [1.82, 2.24) is 5.32 Å². The van der Waals surface area contributed by atoms with Gasteiger partial charge in [-0.05, 0) is 47.7 Å². The number of primary amides is 1. The molecule has 7 nitrogen and oxygen atoms in total. The number of nitrogens with two attached hydrogens (primary N) is 2. The maximum Gasteiger partial charge on any atom is 0.341 e. The molecule has 0 saturated heterocycles. The normalized spacial score (nSPS) is 11.5. The fourth-order valence-electron chi connectivity index (χ4n) is 1.21. The molecule has 0 spiro atoms. The first-order valence-electron chi connectivity index (χ1n) is 5.17. The molecule has 0 heterocycles. The first-order valence-corrected chi connectivity index (χ1v) is 6.25. The summed E-state index contributed by atoms with van der Waals surface area (Å²) in [4.78, 5) is 33.7. The largest absolute Gasteiger partial charge is 0.449 e. The number of anilines is 1. The number of hydrogen-bond acceptors (Lipinski definition) is 5. The van der Waals surface area contributed by atoms with Gasteiger partial charge >= 0.3 is 12.0 Å². The summed E-state index contributed by atoms with van der Waals surface area (Å²) in [6.07, 6.45) is -1.16. The fraction of sp³-hybridized carbons (Fsp3) is 0.182. The summed E-state index contributed by atoms with van der Waals surface area (Å²) in [5.74, 6) is -1.55. The number of amides is 3. The zero-order valence-corrected chi connectivity index (χ0v) is 12.1. The molecule has 3 amide bonds. The van der Waals surface area contributed by atoms with Crippen molar-refractivity contribution >= 4 is 46.2 Å². The van der Waals surface area contributed by atoms with Gasteiger partial charge in [0.05, 0.1) is 5.56 Å². The van der Waals surface area contributed by atoms with Crippen LogP contribution in [-0.2, 0) is 9.53 Å². The van der Waals surface area contributed by atoms with Crippen molar-refractivity contribution in [2.45, 2.75) is 13.0 Å². The van der Waals surface area contributed by atoms with Gasteiger partial charge in [-0.25, -0.2) is 9.59 Å². The van der Waals surface area contributed by atoms with Crippen LogP contribution in [0.4, 0.5) is 10.5 Å². The number of imide groups is 1. The number of carbonyl (C=O) groups is 3. The van der Waals surface area contributed by atoms with Crippen molar-refractivity contribution in [1.29, 1.82) is 0 Å². The first-order chi connectivity index (χ1) is 8.81. The molecule has 1 aromatic carbocycles. The number of nitrogen functional groups attached to an aromatic ring is 1. The summed E-state index contributed by atoms with van der Waals surface area (Å²) < 4.78 is 5.69. The second-order valence-electron chi connectivity index (χ2n) is 3.63. The van der Waals surface area contributed by atoms with Gasteiger partial charge in [0.25, 0.3) is 5.91 Å². The molecule has 0 aliphatic carbocycles. The molecular weight excluding hydrogens is 365 g/mol. The number of benzene rings is 1. The van der Waals surface area contributed by atoms with E-state index in [1.54, 1.807) is 12.1 Å². The minimum atomic E-state index is -1.16. The third kappa shape index (κ3) is 4.39. The van der Waals surface area contributed by atoms with Crippen LogP contribution in [0.2, 0.25) is 0 Å². The lowest BCUT2D eigenvalue weighted by Crippen LogP contribution is -2.42. The zero-order valence-electron chi connectivity index (χ0n) is 9.98. The highest BCUT2D eigenvalue weighted by molar-refractivity contribution is 14.1. The third-order valence-corrected chi connectivity index (χ3v) is 2.81. The molecule has 0 aliphatic rings.